The number of benzene rings is 1. The maximum absolute atomic E-state index is 11.7. The Kier molecular flexibility index (Phi) is 5.39. The summed E-state index contributed by atoms with van der Waals surface area (Å²) in [5.41, 5.74) is 3.51. The number of carbonyl (C=O) groups is 1. The summed E-state index contributed by atoms with van der Waals surface area (Å²) in [6.07, 6.45) is 0.445. The normalized spacial score (nSPS) is 10.4. The summed E-state index contributed by atoms with van der Waals surface area (Å²) < 4.78 is 5.82. The monoisotopic (exact) mass is 303 g/mol. The SMILES string of the molecule is Cc1ccc(C)c(OCCNC(=O)Cc2cccs2)c1C. The van der Waals surface area contributed by atoms with Crippen LogP contribution in [0.4, 0.5) is 0 Å². The summed E-state index contributed by atoms with van der Waals surface area (Å²) in [5, 5.41) is 4.87. The second-order valence-electron chi connectivity index (χ2n) is 5.11. The lowest BCUT2D eigenvalue weighted by molar-refractivity contribution is -0.120. The maximum atomic E-state index is 11.7. The first-order valence-electron chi connectivity index (χ1n) is 7.06. The molecule has 0 aliphatic heterocycles. The van der Waals surface area contributed by atoms with Gasteiger partial charge in [0.05, 0.1) is 13.0 Å². The third kappa shape index (κ3) is 4.33. The average Bonchev–Trinajstić information content (AvgIpc) is 2.95. The van der Waals surface area contributed by atoms with Crippen LogP contribution >= 0.6 is 11.3 Å². The Morgan fingerprint density at radius 1 is 1.19 bits per heavy atom. The van der Waals surface area contributed by atoms with Gasteiger partial charge in [0.15, 0.2) is 0 Å². The maximum Gasteiger partial charge on any atom is 0.225 e. The first kappa shape index (κ1) is 15.6. The van der Waals surface area contributed by atoms with E-state index in [4.69, 9.17) is 4.74 Å². The van der Waals surface area contributed by atoms with Crippen LogP contribution in [-0.4, -0.2) is 19.1 Å². The van der Waals surface area contributed by atoms with Gasteiger partial charge in [-0.15, -0.1) is 11.3 Å². The molecule has 112 valence electrons. The molecule has 21 heavy (non-hydrogen) atoms. The minimum Gasteiger partial charge on any atom is -0.491 e. The predicted molar refractivity (Wildman–Crippen MR) is 87.2 cm³/mol. The van der Waals surface area contributed by atoms with Crippen molar-refractivity contribution in [3.05, 3.63) is 51.2 Å². The van der Waals surface area contributed by atoms with Crippen molar-refractivity contribution in [1.82, 2.24) is 5.32 Å². The molecule has 2 aromatic rings. The number of aryl methyl sites for hydroxylation is 2. The summed E-state index contributed by atoms with van der Waals surface area (Å²) in [4.78, 5) is 12.8. The highest BCUT2D eigenvalue weighted by atomic mass is 32.1. The molecule has 2 rings (SSSR count). The van der Waals surface area contributed by atoms with Gasteiger partial charge < -0.3 is 10.1 Å². The molecule has 0 saturated carbocycles. The number of nitrogens with one attached hydrogen (secondary N) is 1. The van der Waals surface area contributed by atoms with Gasteiger partial charge in [-0.3, -0.25) is 4.79 Å². The van der Waals surface area contributed by atoms with E-state index in [0.717, 1.165) is 16.2 Å². The van der Waals surface area contributed by atoms with Crippen LogP contribution in [-0.2, 0) is 11.2 Å². The van der Waals surface area contributed by atoms with Gasteiger partial charge in [0.1, 0.15) is 12.4 Å². The number of carbonyl (C=O) groups excluding carboxylic acids is 1. The summed E-state index contributed by atoms with van der Waals surface area (Å²) in [6.45, 7) is 7.19. The van der Waals surface area contributed by atoms with Crippen LogP contribution in [0.15, 0.2) is 29.6 Å². The fraction of sp³-hybridized carbons (Fsp3) is 0.353. The van der Waals surface area contributed by atoms with Gasteiger partial charge in [0.2, 0.25) is 5.91 Å². The summed E-state index contributed by atoms with van der Waals surface area (Å²) in [5.74, 6) is 0.973. The van der Waals surface area contributed by atoms with Crippen molar-refractivity contribution >= 4 is 17.2 Å². The molecule has 1 aromatic heterocycles. The molecule has 0 radical (unpaired) electrons. The fourth-order valence-corrected chi connectivity index (χ4v) is 2.83. The van der Waals surface area contributed by atoms with Crippen LogP contribution in [0.2, 0.25) is 0 Å². The topological polar surface area (TPSA) is 38.3 Å². The number of amides is 1. The standard InChI is InChI=1S/C17H21NO2S/c1-12-6-7-13(2)17(14(12)3)20-9-8-18-16(19)11-15-5-4-10-21-15/h4-7,10H,8-9,11H2,1-3H3,(H,18,19). The highest BCUT2D eigenvalue weighted by molar-refractivity contribution is 7.10. The van der Waals surface area contributed by atoms with Crippen molar-refractivity contribution in [3.63, 3.8) is 0 Å². The average molecular weight is 303 g/mol. The molecule has 1 amide bonds. The smallest absolute Gasteiger partial charge is 0.225 e. The zero-order valence-electron chi connectivity index (χ0n) is 12.7. The van der Waals surface area contributed by atoms with E-state index >= 15 is 0 Å². The van der Waals surface area contributed by atoms with Crippen LogP contribution in [0.1, 0.15) is 21.6 Å². The van der Waals surface area contributed by atoms with E-state index in [-0.39, 0.29) is 5.91 Å². The number of hydrogen-bond acceptors (Lipinski definition) is 3. The molecule has 1 heterocycles. The molecule has 0 aliphatic carbocycles. The van der Waals surface area contributed by atoms with Gasteiger partial charge in [0, 0.05) is 4.88 Å². The van der Waals surface area contributed by atoms with Gasteiger partial charge in [-0.25, -0.2) is 0 Å². The third-order valence-electron chi connectivity index (χ3n) is 3.46. The Balaban J connectivity index is 1.77. The van der Waals surface area contributed by atoms with Crippen LogP contribution in [0.3, 0.4) is 0 Å². The molecule has 4 heteroatoms. The molecule has 0 saturated heterocycles. The van der Waals surface area contributed by atoms with Crippen LogP contribution in [0.5, 0.6) is 5.75 Å². The number of rotatable bonds is 6. The first-order chi connectivity index (χ1) is 10.1. The molecular weight excluding hydrogens is 282 g/mol. The molecule has 1 aromatic carbocycles. The summed E-state index contributed by atoms with van der Waals surface area (Å²) >= 11 is 1.60. The molecular formula is C17H21NO2S. The Labute approximate surface area is 130 Å². The molecule has 0 unspecified atom stereocenters. The van der Waals surface area contributed by atoms with Crippen LogP contribution in [0.25, 0.3) is 0 Å². The van der Waals surface area contributed by atoms with Crippen LogP contribution < -0.4 is 10.1 Å². The van der Waals surface area contributed by atoms with Crippen molar-refractivity contribution < 1.29 is 9.53 Å². The second-order valence-corrected chi connectivity index (χ2v) is 6.14. The highest BCUT2D eigenvalue weighted by Crippen LogP contribution is 2.25. The Hall–Kier alpha value is -1.81. The minimum absolute atomic E-state index is 0.0405. The minimum atomic E-state index is 0.0405. The summed E-state index contributed by atoms with van der Waals surface area (Å²) in [6, 6.07) is 8.09. The molecule has 3 nitrogen and oxygen atoms in total. The van der Waals surface area contributed by atoms with Gasteiger partial charge in [-0.1, -0.05) is 18.2 Å². The quantitative estimate of drug-likeness (QED) is 0.831. The highest BCUT2D eigenvalue weighted by Gasteiger charge is 2.07. The van der Waals surface area contributed by atoms with Gasteiger partial charge in [-0.05, 0) is 48.9 Å². The van der Waals surface area contributed by atoms with Gasteiger partial charge in [-0.2, -0.15) is 0 Å². The second kappa shape index (κ2) is 7.27. The van der Waals surface area contributed by atoms with E-state index in [1.807, 2.05) is 24.4 Å². The van der Waals surface area contributed by atoms with Crippen molar-refractivity contribution in [2.45, 2.75) is 27.2 Å². The van der Waals surface area contributed by atoms with Crippen molar-refractivity contribution in [2.24, 2.45) is 0 Å². The zero-order chi connectivity index (χ0) is 15.2. The molecule has 0 aliphatic rings. The summed E-state index contributed by atoms with van der Waals surface area (Å²) in [7, 11) is 0. The van der Waals surface area contributed by atoms with Crippen molar-refractivity contribution in [2.75, 3.05) is 13.2 Å². The molecule has 0 fully saturated rings. The van der Waals surface area contributed by atoms with E-state index in [9.17, 15) is 4.79 Å². The zero-order valence-corrected chi connectivity index (χ0v) is 13.5. The molecule has 1 N–H and O–H groups in total. The van der Waals surface area contributed by atoms with Crippen molar-refractivity contribution in [1.29, 1.82) is 0 Å². The molecule has 0 bridgehead atoms. The Morgan fingerprint density at radius 2 is 1.95 bits per heavy atom. The largest absolute Gasteiger partial charge is 0.491 e. The van der Waals surface area contributed by atoms with E-state index in [2.05, 4.69) is 31.3 Å². The Morgan fingerprint density at radius 3 is 2.67 bits per heavy atom. The van der Waals surface area contributed by atoms with Gasteiger partial charge >= 0.3 is 0 Å². The van der Waals surface area contributed by atoms with Gasteiger partial charge in [0.25, 0.3) is 0 Å². The lowest BCUT2D eigenvalue weighted by Crippen LogP contribution is -2.29. The lowest BCUT2D eigenvalue weighted by Gasteiger charge is -2.14. The van der Waals surface area contributed by atoms with E-state index in [0.29, 0.717) is 19.6 Å². The Bertz CT molecular complexity index is 606. The number of hydrogen-bond donors (Lipinski definition) is 1. The van der Waals surface area contributed by atoms with Crippen molar-refractivity contribution in [3.8, 4) is 5.75 Å². The molecule has 0 atom stereocenters. The van der Waals surface area contributed by atoms with E-state index in [1.54, 1.807) is 11.3 Å². The molecule has 0 spiro atoms. The van der Waals surface area contributed by atoms with E-state index in [1.165, 1.54) is 11.1 Å². The third-order valence-corrected chi connectivity index (χ3v) is 4.34. The van der Waals surface area contributed by atoms with E-state index < -0.39 is 0 Å². The number of thiophene rings is 1. The predicted octanol–water partition coefficient (Wildman–Crippen LogP) is 3.41. The first-order valence-corrected chi connectivity index (χ1v) is 7.94. The van der Waals surface area contributed by atoms with Crippen LogP contribution in [0, 0.1) is 20.8 Å². The fourth-order valence-electron chi connectivity index (χ4n) is 2.13. The number of ether oxygens (including phenoxy) is 1. The lowest BCUT2D eigenvalue weighted by atomic mass is 10.1.